The van der Waals surface area contributed by atoms with E-state index < -0.39 is 5.60 Å². The summed E-state index contributed by atoms with van der Waals surface area (Å²) >= 11 is 2.00. The molecule has 140 valence electrons. The highest BCUT2D eigenvalue weighted by Gasteiger charge is 2.42. The molecule has 0 aromatic carbocycles. The number of hydrogen-bond acceptors (Lipinski definition) is 4. The van der Waals surface area contributed by atoms with Crippen LogP contribution in [0.15, 0.2) is 0 Å². The lowest BCUT2D eigenvalue weighted by Gasteiger charge is -2.35. The van der Waals surface area contributed by atoms with Crippen LogP contribution in [0.4, 0.5) is 4.79 Å². The predicted octanol–water partition coefficient (Wildman–Crippen LogP) is 4.29. The molecule has 5 heteroatoms. The highest BCUT2D eigenvalue weighted by atomic mass is 32.2. The molecule has 2 aliphatic rings. The molecule has 0 spiro atoms. The van der Waals surface area contributed by atoms with Crippen LogP contribution in [0.25, 0.3) is 0 Å². The largest absolute Gasteiger partial charge is 0.444 e. The number of carbonyl (C=O) groups is 1. The fraction of sp³-hybridized carbons (Fsp3) is 0.947. The summed E-state index contributed by atoms with van der Waals surface area (Å²) in [5.41, 5.74) is -0.413. The minimum Gasteiger partial charge on any atom is -0.444 e. The topological polar surface area (TPSA) is 41.6 Å². The second-order valence-corrected chi connectivity index (χ2v) is 9.63. The van der Waals surface area contributed by atoms with Crippen LogP contribution in [-0.4, -0.2) is 52.8 Å². The lowest BCUT2D eigenvalue weighted by atomic mass is 9.92. The Morgan fingerprint density at radius 3 is 2.71 bits per heavy atom. The molecule has 1 amide bonds. The van der Waals surface area contributed by atoms with Crippen LogP contribution in [0.1, 0.15) is 66.7 Å². The minimum absolute atomic E-state index is 0.120. The van der Waals surface area contributed by atoms with Crippen molar-refractivity contribution >= 4 is 17.9 Å². The van der Waals surface area contributed by atoms with E-state index in [-0.39, 0.29) is 6.09 Å². The van der Waals surface area contributed by atoms with Gasteiger partial charge in [-0.3, -0.25) is 0 Å². The quantitative estimate of drug-likeness (QED) is 0.771. The second-order valence-electron chi connectivity index (χ2n) is 8.31. The second kappa shape index (κ2) is 8.79. The number of carbonyl (C=O) groups excluding carboxylic acids is 1. The lowest BCUT2D eigenvalue weighted by Crippen LogP contribution is -2.49. The summed E-state index contributed by atoms with van der Waals surface area (Å²) in [5, 5.41) is 3.85. The van der Waals surface area contributed by atoms with Crippen LogP contribution in [0.2, 0.25) is 0 Å². The van der Waals surface area contributed by atoms with Gasteiger partial charge >= 0.3 is 6.09 Å². The number of amides is 1. The fourth-order valence-corrected chi connectivity index (χ4v) is 4.83. The van der Waals surface area contributed by atoms with Crippen LogP contribution in [0.5, 0.6) is 0 Å². The summed E-state index contributed by atoms with van der Waals surface area (Å²) in [6, 6.07) is 1.44. The molecule has 0 bridgehead atoms. The Morgan fingerprint density at radius 2 is 2.04 bits per heavy atom. The number of nitrogens with one attached hydrogen (secondary N) is 1. The molecule has 1 heterocycles. The highest BCUT2D eigenvalue weighted by Crippen LogP contribution is 2.36. The predicted molar refractivity (Wildman–Crippen MR) is 103 cm³/mol. The molecule has 24 heavy (non-hydrogen) atoms. The van der Waals surface area contributed by atoms with Crippen molar-refractivity contribution in [2.24, 2.45) is 5.92 Å². The zero-order chi connectivity index (χ0) is 17.7. The van der Waals surface area contributed by atoms with Gasteiger partial charge in [-0.25, -0.2) is 4.79 Å². The van der Waals surface area contributed by atoms with Gasteiger partial charge in [-0.05, 0) is 65.0 Å². The normalized spacial score (nSPS) is 29.0. The van der Waals surface area contributed by atoms with Crippen LogP contribution in [-0.2, 0) is 4.74 Å². The van der Waals surface area contributed by atoms with Crippen molar-refractivity contribution in [3.8, 4) is 0 Å². The maximum absolute atomic E-state index is 12.6. The summed E-state index contributed by atoms with van der Waals surface area (Å²) < 4.78 is 5.64. The summed E-state index contributed by atoms with van der Waals surface area (Å²) in [4.78, 5) is 14.6. The number of ether oxygens (including phenoxy) is 1. The van der Waals surface area contributed by atoms with E-state index in [0.717, 1.165) is 19.4 Å². The van der Waals surface area contributed by atoms with Crippen molar-refractivity contribution in [2.75, 3.05) is 18.1 Å². The van der Waals surface area contributed by atoms with Gasteiger partial charge in [0.2, 0.25) is 0 Å². The van der Waals surface area contributed by atoms with Gasteiger partial charge in [0, 0.05) is 30.4 Å². The third-order valence-electron chi connectivity index (χ3n) is 5.06. The average molecular weight is 357 g/mol. The van der Waals surface area contributed by atoms with Crippen LogP contribution in [0, 0.1) is 5.92 Å². The molecule has 1 N–H and O–H groups in total. The third kappa shape index (κ3) is 5.55. The number of rotatable bonds is 6. The molecule has 1 aliphatic heterocycles. The molecular formula is C19H36N2O2S. The van der Waals surface area contributed by atoms with Crippen molar-refractivity contribution in [3.63, 3.8) is 0 Å². The SMILES string of the molecule is CCSCC(C)NC1CCCC1C1CCCN1C(=O)OC(C)(C)C. The van der Waals surface area contributed by atoms with Crippen LogP contribution < -0.4 is 5.32 Å². The van der Waals surface area contributed by atoms with E-state index in [9.17, 15) is 4.79 Å². The molecule has 1 aliphatic carbocycles. The molecule has 2 rings (SSSR count). The van der Waals surface area contributed by atoms with Crippen molar-refractivity contribution in [3.05, 3.63) is 0 Å². The highest BCUT2D eigenvalue weighted by molar-refractivity contribution is 7.99. The standard InChI is InChI=1S/C19H36N2O2S/c1-6-24-13-14(2)20-16-10-7-9-15(16)17-11-8-12-21(17)18(22)23-19(3,4)5/h14-17,20H,6-13H2,1-5H3. The Balaban J connectivity index is 1.96. The Kier molecular flexibility index (Phi) is 7.29. The van der Waals surface area contributed by atoms with Crippen LogP contribution in [0.3, 0.4) is 0 Å². The van der Waals surface area contributed by atoms with E-state index in [1.165, 1.54) is 30.8 Å². The fourth-order valence-electron chi connectivity index (χ4n) is 4.15. The van der Waals surface area contributed by atoms with E-state index >= 15 is 0 Å². The van der Waals surface area contributed by atoms with Crippen molar-refractivity contribution < 1.29 is 9.53 Å². The van der Waals surface area contributed by atoms with E-state index in [1.54, 1.807) is 0 Å². The summed E-state index contributed by atoms with van der Waals surface area (Å²) in [5.74, 6) is 2.92. The van der Waals surface area contributed by atoms with Crippen LogP contribution >= 0.6 is 11.8 Å². The maximum Gasteiger partial charge on any atom is 0.410 e. The first-order valence-electron chi connectivity index (χ1n) is 9.65. The van der Waals surface area contributed by atoms with Gasteiger partial charge in [0.15, 0.2) is 0 Å². The molecule has 0 aromatic rings. The first-order valence-corrected chi connectivity index (χ1v) is 10.8. The van der Waals surface area contributed by atoms with Gasteiger partial charge in [-0.2, -0.15) is 11.8 Å². The van der Waals surface area contributed by atoms with Gasteiger partial charge in [0.1, 0.15) is 5.60 Å². The molecule has 1 saturated heterocycles. The number of thioether (sulfide) groups is 1. The number of likely N-dealkylation sites (tertiary alicyclic amines) is 1. The van der Waals surface area contributed by atoms with E-state index in [0.29, 0.717) is 24.0 Å². The molecular weight excluding hydrogens is 320 g/mol. The van der Waals surface area contributed by atoms with Gasteiger partial charge in [0.05, 0.1) is 0 Å². The molecule has 1 saturated carbocycles. The van der Waals surface area contributed by atoms with Crippen molar-refractivity contribution in [1.82, 2.24) is 10.2 Å². The summed E-state index contributed by atoms with van der Waals surface area (Å²) in [6.45, 7) is 11.2. The van der Waals surface area contributed by atoms with Crippen molar-refractivity contribution in [2.45, 2.75) is 90.4 Å². The Morgan fingerprint density at radius 1 is 1.29 bits per heavy atom. The lowest BCUT2D eigenvalue weighted by molar-refractivity contribution is 0.0166. The maximum atomic E-state index is 12.6. The molecule has 4 atom stereocenters. The van der Waals surface area contributed by atoms with E-state index in [1.807, 2.05) is 37.4 Å². The van der Waals surface area contributed by atoms with Gasteiger partial charge in [-0.1, -0.05) is 13.3 Å². The Bertz CT molecular complexity index is 411. The summed E-state index contributed by atoms with van der Waals surface area (Å²) in [7, 11) is 0. The zero-order valence-corrected chi connectivity index (χ0v) is 17.0. The Hall–Kier alpha value is -0.420. The van der Waals surface area contributed by atoms with E-state index in [2.05, 4.69) is 19.2 Å². The molecule has 2 fully saturated rings. The smallest absolute Gasteiger partial charge is 0.410 e. The first-order chi connectivity index (χ1) is 11.3. The molecule has 0 radical (unpaired) electrons. The monoisotopic (exact) mass is 356 g/mol. The zero-order valence-electron chi connectivity index (χ0n) is 16.1. The molecule has 0 aromatic heterocycles. The van der Waals surface area contributed by atoms with Crippen molar-refractivity contribution in [1.29, 1.82) is 0 Å². The van der Waals surface area contributed by atoms with E-state index in [4.69, 9.17) is 4.74 Å². The van der Waals surface area contributed by atoms with Gasteiger partial charge in [0.25, 0.3) is 0 Å². The molecule has 4 nitrogen and oxygen atoms in total. The Labute approximate surface area is 152 Å². The number of hydrogen-bond donors (Lipinski definition) is 1. The number of nitrogens with zero attached hydrogens (tertiary/aromatic N) is 1. The van der Waals surface area contributed by atoms with Gasteiger partial charge < -0.3 is 15.0 Å². The minimum atomic E-state index is -0.413. The molecule has 4 unspecified atom stereocenters. The van der Waals surface area contributed by atoms with Gasteiger partial charge in [-0.15, -0.1) is 0 Å². The third-order valence-corrected chi connectivity index (χ3v) is 6.21. The summed E-state index contributed by atoms with van der Waals surface area (Å²) in [6.07, 6.45) is 5.85. The first kappa shape index (κ1) is 19.9. The average Bonchev–Trinajstić information content (AvgIpc) is 3.11.